The highest BCUT2D eigenvalue weighted by Crippen LogP contribution is 2.28. The van der Waals surface area contributed by atoms with E-state index in [4.69, 9.17) is 18.9 Å². The second-order valence-electron chi connectivity index (χ2n) is 8.04. The Bertz CT molecular complexity index is 815. The number of methoxy groups -OCH3 is 2. The van der Waals surface area contributed by atoms with Gasteiger partial charge in [0.2, 0.25) is 0 Å². The number of thiophene rings is 1. The first-order valence-electron chi connectivity index (χ1n) is 10.5. The van der Waals surface area contributed by atoms with Crippen LogP contribution in [0.1, 0.15) is 54.2 Å². The summed E-state index contributed by atoms with van der Waals surface area (Å²) < 4.78 is 19.8. The fourth-order valence-corrected chi connectivity index (χ4v) is 5.02. The SMILES string of the molecule is CCOC(=O)c1cc(C)c(CCC(CNC(=O)OC(C)(C)C)SC(C(=O)OC)C(=O)OC)s1. The van der Waals surface area contributed by atoms with Gasteiger partial charge in [0.15, 0.2) is 5.25 Å². The molecule has 1 rings (SSSR count). The summed E-state index contributed by atoms with van der Waals surface area (Å²) in [4.78, 5) is 49.9. The zero-order valence-electron chi connectivity index (χ0n) is 20.1. The second-order valence-corrected chi connectivity index (χ2v) is 10.6. The Morgan fingerprint density at radius 3 is 2.24 bits per heavy atom. The van der Waals surface area contributed by atoms with E-state index in [0.717, 1.165) is 22.2 Å². The quantitative estimate of drug-likeness (QED) is 0.275. The van der Waals surface area contributed by atoms with Crippen LogP contribution >= 0.6 is 23.1 Å². The summed E-state index contributed by atoms with van der Waals surface area (Å²) in [5.74, 6) is -1.83. The van der Waals surface area contributed by atoms with Crippen LogP contribution in [0.25, 0.3) is 0 Å². The minimum Gasteiger partial charge on any atom is -0.468 e. The van der Waals surface area contributed by atoms with Crippen molar-refractivity contribution in [3.8, 4) is 0 Å². The molecule has 33 heavy (non-hydrogen) atoms. The van der Waals surface area contributed by atoms with E-state index in [9.17, 15) is 19.2 Å². The minimum absolute atomic E-state index is 0.152. The number of aryl methyl sites for hydroxylation is 2. The van der Waals surface area contributed by atoms with E-state index >= 15 is 0 Å². The summed E-state index contributed by atoms with van der Waals surface area (Å²) in [6.07, 6.45) is 0.477. The average molecular weight is 504 g/mol. The van der Waals surface area contributed by atoms with Gasteiger partial charge in [0.1, 0.15) is 10.5 Å². The third-order valence-corrected chi connectivity index (χ3v) is 6.94. The van der Waals surface area contributed by atoms with Crippen LogP contribution in [-0.2, 0) is 35.0 Å². The van der Waals surface area contributed by atoms with Crippen LogP contribution in [0, 0.1) is 6.92 Å². The predicted molar refractivity (Wildman–Crippen MR) is 127 cm³/mol. The van der Waals surface area contributed by atoms with Crippen molar-refractivity contribution < 1.29 is 38.1 Å². The lowest BCUT2D eigenvalue weighted by atomic mass is 10.1. The summed E-state index contributed by atoms with van der Waals surface area (Å²) in [6.45, 7) is 9.36. The number of ether oxygens (including phenoxy) is 4. The van der Waals surface area contributed by atoms with E-state index in [2.05, 4.69) is 5.32 Å². The lowest BCUT2D eigenvalue weighted by Gasteiger charge is -2.23. The van der Waals surface area contributed by atoms with Gasteiger partial charge in [-0.1, -0.05) is 0 Å². The average Bonchev–Trinajstić information content (AvgIpc) is 3.11. The van der Waals surface area contributed by atoms with Gasteiger partial charge in [-0.15, -0.1) is 23.1 Å². The zero-order valence-corrected chi connectivity index (χ0v) is 21.8. The van der Waals surface area contributed by atoms with Gasteiger partial charge in [-0.3, -0.25) is 9.59 Å². The molecule has 0 saturated heterocycles. The van der Waals surface area contributed by atoms with Crippen LogP contribution in [0.3, 0.4) is 0 Å². The molecule has 0 saturated carbocycles. The molecule has 0 aromatic carbocycles. The molecule has 1 heterocycles. The molecule has 0 radical (unpaired) electrons. The number of carbonyl (C=O) groups excluding carboxylic acids is 4. The molecule has 186 valence electrons. The Kier molecular flexibility index (Phi) is 11.7. The van der Waals surface area contributed by atoms with Crippen molar-refractivity contribution in [3.05, 3.63) is 21.4 Å². The number of hydrogen-bond donors (Lipinski definition) is 1. The molecule has 1 N–H and O–H groups in total. The predicted octanol–water partition coefficient (Wildman–Crippen LogP) is 3.51. The minimum atomic E-state index is -1.19. The van der Waals surface area contributed by atoms with Crippen molar-refractivity contribution in [2.75, 3.05) is 27.4 Å². The van der Waals surface area contributed by atoms with Crippen LogP contribution in [0.4, 0.5) is 4.79 Å². The molecular weight excluding hydrogens is 470 g/mol. The number of thioether (sulfide) groups is 1. The first-order chi connectivity index (χ1) is 15.4. The number of rotatable bonds is 11. The third-order valence-electron chi connectivity index (χ3n) is 4.22. The molecule has 0 aliphatic carbocycles. The Morgan fingerprint density at radius 2 is 1.73 bits per heavy atom. The molecule has 0 aliphatic heterocycles. The Labute approximate surface area is 202 Å². The molecule has 1 amide bonds. The Morgan fingerprint density at radius 1 is 1.12 bits per heavy atom. The molecule has 0 aliphatic rings. The van der Waals surface area contributed by atoms with Crippen molar-refractivity contribution in [1.29, 1.82) is 0 Å². The molecule has 1 aromatic rings. The zero-order chi connectivity index (χ0) is 25.2. The maximum Gasteiger partial charge on any atom is 0.407 e. The molecule has 9 nitrogen and oxygen atoms in total. The highest BCUT2D eigenvalue weighted by atomic mass is 32.2. The number of esters is 3. The van der Waals surface area contributed by atoms with Crippen LogP contribution in [0.15, 0.2) is 6.07 Å². The number of alkyl carbamates (subject to hydrolysis) is 1. The summed E-state index contributed by atoms with van der Waals surface area (Å²) in [7, 11) is 2.39. The number of carbonyl (C=O) groups is 4. The number of nitrogens with one attached hydrogen (secondary N) is 1. The van der Waals surface area contributed by atoms with Crippen LogP contribution in [-0.4, -0.2) is 67.5 Å². The summed E-state index contributed by atoms with van der Waals surface area (Å²) in [5, 5.41) is 1.16. The maximum absolute atomic E-state index is 12.1. The highest BCUT2D eigenvalue weighted by Gasteiger charge is 2.33. The first kappa shape index (κ1) is 28.8. The number of amides is 1. The standard InChI is InChI=1S/C22H33NO8S2/c1-8-30-18(24)16-11-13(2)15(33-16)10-9-14(12-23-21(27)31-22(3,4)5)32-17(19(25)28-6)20(26)29-7/h11,14,17H,8-10,12H2,1-7H3,(H,23,27). The van der Waals surface area contributed by atoms with Crippen molar-refractivity contribution in [3.63, 3.8) is 0 Å². The first-order valence-corrected chi connectivity index (χ1v) is 12.2. The fourth-order valence-electron chi connectivity index (χ4n) is 2.71. The van der Waals surface area contributed by atoms with Crippen molar-refractivity contribution in [2.45, 2.75) is 63.6 Å². The maximum atomic E-state index is 12.1. The van der Waals surface area contributed by atoms with Gasteiger partial charge in [-0.05, 0) is 59.1 Å². The lowest BCUT2D eigenvalue weighted by Crippen LogP contribution is -2.38. The lowest BCUT2D eigenvalue weighted by molar-refractivity contribution is -0.150. The van der Waals surface area contributed by atoms with E-state index in [0.29, 0.717) is 24.3 Å². The summed E-state index contributed by atoms with van der Waals surface area (Å²) in [6, 6.07) is 1.78. The molecule has 1 atom stereocenters. The van der Waals surface area contributed by atoms with E-state index in [1.807, 2.05) is 6.92 Å². The normalized spacial score (nSPS) is 12.1. The van der Waals surface area contributed by atoms with Crippen LogP contribution in [0.5, 0.6) is 0 Å². The van der Waals surface area contributed by atoms with Gasteiger partial charge in [0.25, 0.3) is 0 Å². The van der Waals surface area contributed by atoms with Gasteiger partial charge in [-0.25, -0.2) is 9.59 Å². The van der Waals surface area contributed by atoms with Crippen molar-refractivity contribution in [2.24, 2.45) is 0 Å². The molecule has 11 heteroatoms. The van der Waals surface area contributed by atoms with E-state index in [1.165, 1.54) is 25.6 Å². The Hall–Kier alpha value is -2.27. The molecule has 1 aromatic heterocycles. The molecular formula is C22H33NO8S2. The monoisotopic (exact) mass is 503 g/mol. The van der Waals surface area contributed by atoms with Crippen LogP contribution in [0.2, 0.25) is 0 Å². The largest absolute Gasteiger partial charge is 0.468 e. The second kappa shape index (κ2) is 13.4. The molecule has 0 spiro atoms. The molecule has 0 fully saturated rings. The van der Waals surface area contributed by atoms with Gasteiger partial charge >= 0.3 is 24.0 Å². The van der Waals surface area contributed by atoms with E-state index < -0.39 is 28.9 Å². The van der Waals surface area contributed by atoms with Gasteiger partial charge in [-0.2, -0.15) is 0 Å². The number of hydrogen-bond acceptors (Lipinski definition) is 10. The smallest absolute Gasteiger partial charge is 0.407 e. The van der Waals surface area contributed by atoms with Crippen LogP contribution < -0.4 is 5.32 Å². The Balaban J connectivity index is 2.97. The molecule has 0 bridgehead atoms. The van der Waals surface area contributed by atoms with Crippen molar-refractivity contribution >= 4 is 47.1 Å². The highest BCUT2D eigenvalue weighted by molar-refractivity contribution is 8.01. The van der Waals surface area contributed by atoms with Crippen molar-refractivity contribution in [1.82, 2.24) is 5.32 Å². The summed E-state index contributed by atoms with van der Waals surface area (Å²) in [5.41, 5.74) is 0.287. The van der Waals surface area contributed by atoms with Gasteiger partial charge in [0.05, 0.1) is 20.8 Å². The molecule has 1 unspecified atom stereocenters. The summed E-state index contributed by atoms with van der Waals surface area (Å²) >= 11 is 2.40. The van der Waals surface area contributed by atoms with E-state index in [1.54, 1.807) is 33.8 Å². The topological polar surface area (TPSA) is 117 Å². The third kappa shape index (κ3) is 10.0. The fraction of sp³-hybridized carbons (Fsp3) is 0.636. The van der Waals surface area contributed by atoms with Gasteiger partial charge < -0.3 is 24.3 Å². The van der Waals surface area contributed by atoms with E-state index in [-0.39, 0.29) is 17.8 Å². The van der Waals surface area contributed by atoms with Gasteiger partial charge in [0, 0.05) is 16.7 Å².